The van der Waals surface area contributed by atoms with Crippen LogP contribution in [0.1, 0.15) is 46.5 Å². The van der Waals surface area contributed by atoms with Gasteiger partial charge in [-0.2, -0.15) is 0 Å². The van der Waals surface area contributed by atoms with E-state index in [1.165, 1.54) is 6.42 Å². The van der Waals surface area contributed by atoms with Gasteiger partial charge in [-0.25, -0.2) is 0 Å². The van der Waals surface area contributed by atoms with E-state index in [2.05, 4.69) is 13.8 Å². The maximum Gasteiger partial charge on any atom is 0.0877 e. The number of hydrogen-bond acceptors (Lipinski definition) is 2. The molecule has 0 aromatic carbocycles. The van der Waals surface area contributed by atoms with Crippen LogP contribution in [0.4, 0.5) is 0 Å². The molecule has 0 spiro atoms. The first-order valence-corrected chi connectivity index (χ1v) is 5.25. The third-order valence-corrected chi connectivity index (χ3v) is 2.49. The Bertz CT molecular complexity index is 123. The van der Waals surface area contributed by atoms with Gasteiger partial charge in [-0.05, 0) is 18.8 Å². The second-order valence-corrected chi connectivity index (χ2v) is 4.30. The highest BCUT2D eigenvalue weighted by Gasteiger charge is 2.23. The molecule has 2 nitrogen and oxygen atoms in total. The van der Waals surface area contributed by atoms with E-state index in [4.69, 9.17) is 4.74 Å². The van der Waals surface area contributed by atoms with Crippen LogP contribution in [0, 0.1) is 5.92 Å². The van der Waals surface area contributed by atoms with Crippen LogP contribution in [0.25, 0.3) is 0 Å². The monoisotopic (exact) mass is 188 g/mol. The molecule has 0 rings (SSSR count). The lowest BCUT2D eigenvalue weighted by Crippen LogP contribution is -2.33. The van der Waals surface area contributed by atoms with Crippen LogP contribution in [-0.4, -0.2) is 24.4 Å². The zero-order valence-corrected chi connectivity index (χ0v) is 9.47. The molecule has 0 aliphatic heterocycles. The number of hydrogen-bond donors (Lipinski definition) is 1. The Morgan fingerprint density at radius 3 is 2.38 bits per heavy atom. The molecule has 0 fully saturated rings. The van der Waals surface area contributed by atoms with E-state index in [0.717, 1.165) is 25.2 Å². The van der Waals surface area contributed by atoms with Crippen molar-refractivity contribution in [2.45, 2.75) is 52.1 Å². The lowest BCUT2D eigenvalue weighted by Gasteiger charge is -2.26. The first-order chi connectivity index (χ1) is 6.04. The van der Waals surface area contributed by atoms with Crippen LogP contribution in [0.2, 0.25) is 0 Å². The highest BCUT2D eigenvalue weighted by Crippen LogP contribution is 2.20. The highest BCUT2D eigenvalue weighted by atomic mass is 16.5. The summed E-state index contributed by atoms with van der Waals surface area (Å²) in [5, 5.41) is 10.0. The molecule has 0 aromatic heterocycles. The average molecular weight is 188 g/mol. The van der Waals surface area contributed by atoms with Crippen LogP contribution < -0.4 is 0 Å². The van der Waals surface area contributed by atoms with Crippen molar-refractivity contribution >= 4 is 0 Å². The van der Waals surface area contributed by atoms with Crippen molar-refractivity contribution in [3.8, 4) is 0 Å². The molecule has 1 N–H and O–H groups in total. The Labute approximate surface area is 82.3 Å². The van der Waals surface area contributed by atoms with E-state index in [0.29, 0.717) is 6.61 Å². The summed E-state index contributed by atoms with van der Waals surface area (Å²) in [5.41, 5.74) is -0.594. The first-order valence-electron chi connectivity index (χ1n) is 5.25. The quantitative estimate of drug-likeness (QED) is 0.665. The number of aliphatic hydroxyl groups is 1. The predicted octanol–water partition coefficient (Wildman–Crippen LogP) is 2.60. The summed E-state index contributed by atoms with van der Waals surface area (Å²) in [7, 11) is 1.64. The van der Waals surface area contributed by atoms with E-state index in [-0.39, 0.29) is 0 Å². The van der Waals surface area contributed by atoms with E-state index < -0.39 is 5.60 Å². The largest absolute Gasteiger partial charge is 0.387 e. The second-order valence-electron chi connectivity index (χ2n) is 4.30. The molecule has 0 saturated heterocycles. The van der Waals surface area contributed by atoms with E-state index >= 15 is 0 Å². The Kier molecular flexibility index (Phi) is 6.35. The Hall–Kier alpha value is -0.0800. The molecule has 0 aliphatic carbocycles. The molecule has 0 heterocycles. The van der Waals surface area contributed by atoms with Gasteiger partial charge in [0.05, 0.1) is 12.2 Å². The van der Waals surface area contributed by atoms with Crippen molar-refractivity contribution in [2.75, 3.05) is 13.7 Å². The molecule has 1 atom stereocenters. The summed E-state index contributed by atoms with van der Waals surface area (Å²) >= 11 is 0. The first kappa shape index (κ1) is 12.9. The van der Waals surface area contributed by atoms with Crippen molar-refractivity contribution in [3.63, 3.8) is 0 Å². The summed E-state index contributed by atoms with van der Waals surface area (Å²) in [5.74, 6) is 0.726. The van der Waals surface area contributed by atoms with Gasteiger partial charge in [0.2, 0.25) is 0 Å². The van der Waals surface area contributed by atoms with Gasteiger partial charge in [0.1, 0.15) is 0 Å². The van der Waals surface area contributed by atoms with Crippen molar-refractivity contribution in [1.82, 2.24) is 0 Å². The molecule has 0 saturated carbocycles. The second kappa shape index (κ2) is 6.39. The average Bonchev–Trinajstić information content (AvgIpc) is 2.04. The number of ether oxygens (including phenoxy) is 1. The standard InChI is InChI=1S/C11H24O2/c1-5-11(12,9-13-4)8-6-7-10(2)3/h10,12H,5-9H2,1-4H3. The van der Waals surface area contributed by atoms with Crippen molar-refractivity contribution in [2.24, 2.45) is 5.92 Å². The number of methoxy groups -OCH3 is 1. The SMILES string of the molecule is CCC(O)(CCCC(C)C)COC. The zero-order chi connectivity index (χ0) is 10.3. The maximum absolute atomic E-state index is 10.0. The smallest absolute Gasteiger partial charge is 0.0877 e. The Morgan fingerprint density at radius 2 is 2.00 bits per heavy atom. The van der Waals surface area contributed by atoms with Crippen LogP contribution >= 0.6 is 0 Å². The summed E-state index contributed by atoms with van der Waals surface area (Å²) in [6, 6.07) is 0. The molecule has 13 heavy (non-hydrogen) atoms. The lowest BCUT2D eigenvalue weighted by molar-refractivity contribution is -0.0416. The molecular weight excluding hydrogens is 164 g/mol. The minimum atomic E-state index is -0.594. The summed E-state index contributed by atoms with van der Waals surface area (Å²) in [6.45, 7) is 6.89. The number of rotatable bonds is 7. The van der Waals surface area contributed by atoms with Gasteiger partial charge in [0, 0.05) is 7.11 Å². The van der Waals surface area contributed by atoms with E-state index in [1.807, 2.05) is 6.92 Å². The lowest BCUT2D eigenvalue weighted by atomic mass is 9.93. The van der Waals surface area contributed by atoms with Crippen molar-refractivity contribution in [3.05, 3.63) is 0 Å². The van der Waals surface area contributed by atoms with Crippen LogP contribution in [-0.2, 0) is 4.74 Å². The van der Waals surface area contributed by atoms with E-state index in [1.54, 1.807) is 7.11 Å². The van der Waals surface area contributed by atoms with Crippen LogP contribution in [0.15, 0.2) is 0 Å². The molecule has 0 bridgehead atoms. The molecule has 1 unspecified atom stereocenters. The van der Waals surface area contributed by atoms with Gasteiger partial charge < -0.3 is 9.84 Å². The van der Waals surface area contributed by atoms with Gasteiger partial charge in [0.15, 0.2) is 0 Å². The Morgan fingerprint density at radius 1 is 1.38 bits per heavy atom. The zero-order valence-electron chi connectivity index (χ0n) is 9.47. The highest BCUT2D eigenvalue weighted by molar-refractivity contribution is 4.76. The van der Waals surface area contributed by atoms with Crippen LogP contribution in [0.5, 0.6) is 0 Å². The maximum atomic E-state index is 10.0. The predicted molar refractivity (Wildman–Crippen MR) is 55.8 cm³/mol. The van der Waals surface area contributed by atoms with Gasteiger partial charge in [0.25, 0.3) is 0 Å². The molecule has 0 radical (unpaired) electrons. The van der Waals surface area contributed by atoms with E-state index in [9.17, 15) is 5.11 Å². The third-order valence-electron chi connectivity index (χ3n) is 2.49. The Balaban J connectivity index is 3.69. The fourth-order valence-corrected chi connectivity index (χ4v) is 1.46. The topological polar surface area (TPSA) is 29.5 Å². The minimum Gasteiger partial charge on any atom is -0.387 e. The van der Waals surface area contributed by atoms with Gasteiger partial charge in [-0.1, -0.05) is 33.6 Å². The molecule has 80 valence electrons. The molecule has 0 amide bonds. The molecule has 0 aromatic rings. The summed E-state index contributed by atoms with van der Waals surface area (Å²) in [6.07, 6.45) is 3.91. The molecule has 2 heteroatoms. The normalized spacial score (nSPS) is 16.2. The minimum absolute atomic E-state index is 0.460. The summed E-state index contributed by atoms with van der Waals surface area (Å²) in [4.78, 5) is 0. The van der Waals surface area contributed by atoms with Crippen molar-refractivity contribution in [1.29, 1.82) is 0 Å². The summed E-state index contributed by atoms with van der Waals surface area (Å²) < 4.78 is 5.01. The fraction of sp³-hybridized carbons (Fsp3) is 1.00. The van der Waals surface area contributed by atoms with Gasteiger partial charge in [-0.3, -0.25) is 0 Å². The molecular formula is C11H24O2. The van der Waals surface area contributed by atoms with Crippen molar-refractivity contribution < 1.29 is 9.84 Å². The van der Waals surface area contributed by atoms with Crippen LogP contribution in [0.3, 0.4) is 0 Å². The third kappa shape index (κ3) is 6.05. The fourth-order valence-electron chi connectivity index (χ4n) is 1.46. The van der Waals surface area contributed by atoms with Gasteiger partial charge in [-0.15, -0.1) is 0 Å². The molecule has 0 aliphatic rings. The van der Waals surface area contributed by atoms with Gasteiger partial charge >= 0.3 is 0 Å².